The monoisotopic (exact) mass is 474 g/mol. The van der Waals surface area contributed by atoms with Gasteiger partial charge in [-0.25, -0.2) is 0 Å². The van der Waals surface area contributed by atoms with E-state index in [1.165, 1.54) is 27.8 Å². The van der Waals surface area contributed by atoms with Crippen molar-refractivity contribution in [3.63, 3.8) is 0 Å². The van der Waals surface area contributed by atoms with E-state index in [2.05, 4.69) is 62.7 Å². The number of amides is 1. The summed E-state index contributed by atoms with van der Waals surface area (Å²) in [5.41, 5.74) is 5.26. The van der Waals surface area contributed by atoms with Crippen LogP contribution in [0.25, 0.3) is 10.9 Å². The maximum absolute atomic E-state index is 12.5. The Bertz CT molecular complexity index is 1180. The van der Waals surface area contributed by atoms with E-state index in [1.54, 1.807) is 14.0 Å². The minimum absolute atomic E-state index is 0.177. The molecular weight excluding hydrogens is 436 g/mol. The van der Waals surface area contributed by atoms with Crippen molar-refractivity contribution in [3.8, 4) is 5.75 Å². The van der Waals surface area contributed by atoms with Crippen molar-refractivity contribution in [2.24, 2.45) is 7.05 Å². The van der Waals surface area contributed by atoms with Crippen LogP contribution in [0.1, 0.15) is 43.5 Å². The van der Waals surface area contributed by atoms with Gasteiger partial charge in [-0.1, -0.05) is 30.3 Å². The normalized spacial score (nSPS) is 18.7. The van der Waals surface area contributed by atoms with Crippen LogP contribution in [0, 0.1) is 0 Å². The number of rotatable bonds is 7. The highest BCUT2D eigenvalue weighted by Crippen LogP contribution is 2.39. The Morgan fingerprint density at radius 2 is 1.71 bits per heavy atom. The molecule has 3 heterocycles. The molecule has 1 unspecified atom stereocenters. The van der Waals surface area contributed by atoms with E-state index in [1.807, 2.05) is 12.1 Å². The molecule has 2 aliphatic rings. The molecular formula is C29H38N4O2. The number of aromatic nitrogens is 1. The molecule has 186 valence electrons. The SMILES string of the molecule is COc1ccccc1N1CCN(CCCCC2c3c(c4ccccc4n3C)CCN2C(C)=O)CC1. The van der Waals surface area contributed by atoms with Gasteiger partial charge in [-0.2, -0.15) is 0 Å². The molecule has 0 N–H and O–H groups in total. The second kappa shape index (κ2) is 10.3. The van der Waals surface area contributed by atoms with Gasteiger partial charge in [0.1, 0.15) is 5.75 Å². The van der Waals surface area contributed by atoms with Gasteiger partial charge in [-0.3, -0.25) is 9.69 Å². The van der Waals surface area contributed by atoms with Crippen LogP contribution in [0.15, 0.2) is 48.5 Å². The minimum Gasteiger partial charge on any atom is -0.495 e. The van der Waals surface area contributed by atoms with E-state index in [9.17, 15) is 4.79 Å². The summed E-state index contributed by atoms with van der Waals surface area (Å²) in [7, 11) is 3.91. The molecule has 35 heavy (non-hydrogen) atoms. The lowest BCUT2D eigenvalue weighted by Gasteiger charge is -2.37. The number of para-hydroxylation sites is 3. The number of anilines is 1. The Balaban J connectivity index is 1.19. The quantitative estimate of drug-likeness (QED) is 0.469. The third-order valence-corrected chi connectivity index (χ3v) is 7.96. The molecule has 2 aromatic carbocycles. The predicted octanol–water partition coefficient (Wildman–Crippen LogP) is 4.63. The number of benzene rings is 2. The van der Waals surface area contributed by atoms with Crippen LogP contribution in [-0.4, -0.2) is 66.7 Å². The number of piperazine rings is 1. The lowest BCUT2D eigenvalue weighted by molar-refractivity contribution is -0.132. The fourth-order valence-corrected chi connectivity index (χ4v) is 6.16. The highest BCUT2D eigenvalue weighted by Gasteiger charge is 2.33. The molecule has 3 aromatic rings. The average molecular weight is 475 g/mol. The highest BCUT2D eigenvalue weighted by molar-refractivity contribution is 5.86. The molecule has 0 aliphatic carbocycles. The third-order valence-electron chi connectivity index (χ3n) is 7.96. The number of aryl methyl sites for hydroxylation is 1. The van der Waals surface area contributed by atoms with Crippen molar-refractivity contribution in [3.05, 3.63) is 59.8 Å². The van der Waals surface area contributed by atoms with Crippen molar-refractivity contribution < 1.29 is 9.53 Å². The lowest BCUT2D eigenvalue weighted by atomic mass is 9.93. The largest absolute Gasteiger partial charge is 0.495 e. The number of carbonyl (C=O) groups excluding carboxylic acids is 1. The average Bonchev–Trinajstić information content (AvgIpc) is 3.19. The van der Waals surface area contributed by atoms with Gasteiger partial charge in [0, 0.05) is 63.3 Å². The smallest absolute Gasteiger partial charge is 0.220 e. The van der Waals surface area contributed by atoms with E-state index < -0.39 is 0 Å². The number of nitrogens with zero attached hydrogens (tertiary/aromatic N) is 4. The van der Waals surface area contributed by atoms with Crippen molar-refractivity contribution >= 4 is 22.5 Å². The van der Waals surface area contributed by atoms with Gasteiger partial charge < -0.3 is 19.1 Å². The van der Waals surface area contributed by atoms with E-state index in [-0.39, 0.29) is 11.9 Å². The summed E-state index contributed by atoms with van der Waals surface area (Å²) >= 11 is 0. The van der Waals surface area contributed by atoms with Crippen molar-refractivity contribution in [1.82, 2.24) is 14.4 Å². The van der Waals surface area contributed by atoms with Gasteiger partial charge in [0.15, 0.2) is 0 Å². The molecule has 1 atom stereocenters. The van der Waals surface area contributed by atoms with Gasteiger partial charge in [-0.05, 0) is 56.0 Å². The van der Waals surface area contributed by atoms with Gasteiger partial charge in [0.05, 0.1) is 18.8 Å². The first kappa shape index (κ1) is 23.7. The number of carbonyl (C=O) groups is 1. The zero-order valence-electron chi connectivity index (χ0n) is 21.4. The summed E-state index contributed by atoms with van der Waals surface area (Å²) in [5.74, 6) is 1.15. The Morgan fingerprint density at radius 1 is 0.971 bits per heavy atom. The number of ether oxygens (including phenoxy) is 1. The summed E-state index contributed by atoms with van der Waals surface area (Å²) in [5, 5.41) is 1.35. The van der Waals surface area contributed by atoms with Crippen LogP contribution in [0.4, 0.5) is 5.69 Å². The lowest BCUT2D eigenvalue weighted by Crippen LogP contribution is -2.46. The van der Waals surface area contributed by atoms with Crippen LogP contribution in [-0.2, 0) is 18.3 Å². The summed E-state index contributed by atoms with van der Waals surface area (Å²) in [6.45, 7) is 7.88. The van der Waals surface area contributed by atoms with Gasteiger partial charge in [-0.15, -0.1) is 0 Å². The highest BCUT2D eigenvalue weighted by atomic mass is 16.5. The van der Waals surface area contributed by atoms with E-state index >= 15 is 0 Å². The zero-order chi connectivity index (χ0) is 24.4. The van der Waals surface area contributed by atoms with E-state index in [0.29, 0.717) is 0 Å². The van der Waals surface area contributed by atoms with Crippen LogP contribution < -0.4 is 9.64 Å². The molecule has 0 radical (unpaired) electrons. The standard InChI is InChI=1S/C29H38N4O2/c1-22(34)33-17-15-24-23-10-4-5-11-25(23)30(2)29(24)27(33)13-8-9-16-31-18-20-32(21-19-31)26-12-6-7-14-28(26)35-3/h4-7,10-12,14,27H,8-9,13,15-21H2,1-3H3. The van der Waals surface area contributed by atoms with Gasteiger partial charge in [0.2, 0.25) is 5.91 Å². The predicted molar refractivity (Wildman–Crippen MR) is 142 cm³/mol. The minimum atomic E-state index is 0.177. The Kier molecular flexibility index (Phi) is 7.00. The molecule has 0 saturated carbocycles. The number of hydrogen-bond donors (Lipinski definition) is 0. The first-order chi connectivity index (χ1) is 17.1. The molecule has 0 spiro atoms. The van der Waals surface area contributed by atoms with Crippen LogP contribution in [0.3, 0.4) is 0 Å². The van der Waals surface area contributed by atoms with Crippen molar-refractivity contribution in [1.29, 1.82) is 0 Å². The fourth-order valence-electron chi connectivity index (χ4n) is 6.16. The molecule has 5 rings (SSSR count). The number of fused-ring (bicyclic) bond motifs is 3. The number of unbranched alkanes of at least 4 members (excludes halogenated alkanes) is 1. The van der Waals surface area contributed by atoms with Crippen molar-refractivity contribution in [2.75, 3.05) is 51.3 Å². The first-order valence-electron chi connectivity index (χ1n) is 13.0. The Morgan fingerprint density at radius 3 is 2.49 bits per heavy atom. The molecule has 0 bridgehead atoms. The molecule has 1 amide bonds. The van der Waals surface area contributed by atoms with E-state index in [0.717, 1.165) is 70.7 Å². The molecule has 1 saturated heterocycles. The molecule has 6 heteroatoms. The zero-order valence-corrected chi connectivity index (χ0v) is 21.4. The van der Waals surface area contributed by atoms with Crippen LogP contribution in [0.5, 0.6) is 5.75 Å². The van der Waals surface area contributed by atoms with Crippen LogP contribution in [0.2, 0.25) is 0 Å². The maximum atomic E-state index is 12.5. The second-order valence-corrected chi connectivity index (χ2v) is 9.91. The van der Waals surface area contributed by atoms with Gasteiger partial charge >= 0.3 is 0 Å². The van der Waals surface area contributed by atoms with E-state index in [4.69, 9.17) is 4.74 Å². The van der Waals surface area contributed by atoms with Gasteiger partial charge in [0.25, 0.3) is 0 Å². The molecule has 6 nitrogen and oxygen atoms in total. The fraction of sp³-hybridized carbons (Fsp3) is 0.483. The molecule has 1 aromatic heterocycles. The topological polar surface area (TPSA) is 41.0 Å². The second-order valence-electron chi connectivity index (χ2n) is 9.91. The maximum Gasteiger partial charge on any atom is 0.220 e. The summed E-state index contributed by atoms with van der Waals surface area (Å²) < 4.78 is 7.89. The third kappa shape index (κ3) is 4.64. The summed E-state index contributed by atoms with van der Waals surface area (Å²) in [4.78, 5) is 19.6. The summed E-state index contributed by atoms with van der Waals surface area (Å²) in [6, 6.07) is 17.2. The number of methoxy groups -OCH3 is 1. The van der Waals surface area contributed by atoms with Crippen molar-refractivity contribution in [2.45, 2.75) is 38.6 Å². The molecule has 1 fully saturated rings. The first-order valence-corrected chi connectivity index (χ1v) is 13.0. The molecule has 2 aliphatic heterocycles. The Labute approximate surface area is 209 Å². The van der Waals surface area contributed by atoms with Crippen LogP contribution >= 0.6 is 0 Å². The Hall–Kier alpha value is -2.99. The summed E-state index contributed by atoms with van der Waals surface area (Å²) in [6.07, 6.45) is 4.26. The number of hydrogen-bond acceptors (Lipinski definition) is 4.